The van der Waals surface area contributed by atoms with Gasteiger partial charge in [0.1, 0.15) is 0 Å². The minimum Gasteiger partial charge on any atom is -0.481 e. The summed E-state index contributed by atoms with van der Waals surface area (Å²) in [5.74, 6) is -1.31. The third kappa shape index (κ3) is 57.0. The van der Waals surface area contributed by atoms with Crippen molar-refractivity contribution >= 4 is 11.9 Å². The third-order valence-corrected chi connectivity index (χ3v) is 7.99. The number of carbonyl (C=O) groups is 2. The maximum absolute atomic E-state index is 10.3. The van der Waals surface area contributed by atoms with Crippen molar-refractivity contribution in [2.75, 3.05) is 0 Å². The zero-order valence-corrected chi connectivity index (χ0v) is 29.3. The highest BCUT2D eigenvalue weighted by Gasteiger charge is 1.98. The summed E-state index contributed by atoms with van der Waals surface area (Å²) >= 11 is 0. The highest BCUT2D eigenvalue weighted by Crippen LogP contribution is 2.15. The summed E-state index contributed by atoms with van der Waals surface area (Å²) < 4.78 is 0. The van der Waals surface area contributed by atoms with E-state index in [-0.39, 0.29) is 5.48 Å². The van der Waals surface area contributed by atoms with Crippen LogP contribution in [0.15, 0.2) is 13.2 Å². The maximum atomic E-state index is 10.3. The second kappa shape index (κ2) is 47.6. The van der Waals surface area contributed by atoms with Crippen LogP contribution in [0.25, 0.3) is 0 Å². The van der Waals surface area contributed by atoms with E-state index in [1.165, 1.54) is 167 Å². The molecule has 0 aliphatic heterocycles. The van der Waals surface area contributed by atoms with E-state index >= 15 is 0 Å². The molecule has 0 aliphatic rings. The van der Waals surface area contributed by atoms with Gasteiger partial charge in [0.25, 0.3) is 0 Å². The van der Waals surface area contributed by atoms with Gasteiger partial charge in [0.05, 0.1) is 0 Å². The van der Waals surface area contributed by atoms with E-state index in [1.54, 1.807) is 0 Å². The fraction of sp³-hybridized carbons (Fsp3) is 0.895. The SMILES string of the molecule is C=C.CCCCCCCCCCCCCCCCCC(=O)O.CCCCCCCCCCCCCCCCCC(=O)O.O. The van der Waals surface area contributed by atoms with Gasteiger partial charge < -0.3 is 15.7 Å². The molecule has 4 N–H and O–H groups in total. The first-order valence-corrected chi connectivity index (χ1v) is 18.5. The van der Waals surface area contributed by atoms with Crippen LogP contribution >= 0.6 is 0 Å². The van der Waals surface area contributed by atoms with Crippen LogP contribution < -0.4 is 0 Å². The number of hydrogen-bond acceptors (Lipinski definition) is 2. The van der Waals surface area contributed by atoms with Gasteiger partial charge in [0, 0.05) is 12.8 Å². The van der Waals surface area contributed by atoms with E-state index in [1.807, 2.05) is 0 Å². The van der Waals surface area contributed by atoms with Gasteiger partial charge in [-0.05, 0) is 12.8 Å². The summed E-state index contributed by atoms with van der Waals surface area (Å²) in [6, 6.07) is 0. The molecular formula is C38H78O5. The monoisotopic (exact) mass is 615 g/mol. The van der Waals surface area contributed by atoms with Gasteiger partial charge in [0.2, 0.25) is 0 Å². The molecule has 0 bridgehead atoms. The Labute approximate surface area is 269 Å². The number of carboxylic acid groups (broad SMARTS) is 2. The van der Waals surface area contributed by atoms with Gasteiger partial charge in [0.15, 0.2) is 0 Å². The van der Waals surface area contributed by atoms with Crippen LogP contribution in [-0.2, 0) is 9.59 Å². The van der Waals surface area contributed by atoms with Crippen molar-refractivity contribution < 1.29 is 25.3 Å². The van der Waals surface area contributed by atoms with Crippen LogP contribution in [-0.4, -0.2) is 27.6 Å². The predicted octanol–water partition coefficient (Wildman–Crippen LogP) is 12.6. The van der Waals surface area contributed by atoms with Gasteiger partial charge in [-0.3, -0.25) is 9.59 Å². The van der Waals surface area contributed by atoms with Gasteiger partial charge >= 0.3 is 11.9 Å². The van der Waals surface area contributed by atoms with E-state index in [4.69, 9.17) is 10.2 Å². The number of unbranched alkanes of at least 4 members (excludes halogenated alkanes) is 28. The molecule has 0 heterocycles. The zero-order chi connectivity index (χ0) is 31.8. The van der Waals surface area contributed by atoms with E-state index in [0.717, 1.165) is 25.7 Å². The number of rotatable bonds is 32. The second-order valence-electron chi connectivity index (χ2n) is 12.2. The van der Waals surface area contributed by atoms with Crippen molar-refractivity contribution in [3.8, 4) is 0 Å². The molecule has 0 saturated carbocycles. The Hall–Kier alpha value is -1.36. The Morgan fingerprint density at radius 3 is 0.628 bits per heavy atom. The lowest BCUT2D eigenvalue weighted by Crippen LogP contribution is -1.93. The lowest BCUT2D eigenvalue weighted by molar-refractivity contribution is -0.138. The molecule has 0 atom stereocenters. The summed E-state index contributed by atoms with van der Waals surface area (Å²) in [4.78, 5) is 20.7. The molecule has 0 amide bonds. The first kappa shape index (κ1) is 48.5. The molecule has 0 aliphatic carbocycles. The summed E-state index contributed by atoms with van der Waals surface area (Å²) in [6.07, 6.45) is 40.4. The minimum absolute atomic E-state index is 0. The molecular weight excluding hydrogens is 536 g/mol. The van der Waals surface area contributed by atoms with Crippen LogP contribution in [0, 0.1) is 0 Å². The number of hydrogen-bond donors (Lipinski definition) is 2. The molecule has 0 unspecified atom stereocenters. The minimum atomic E-state index is -0.653. The average molecular weight is 615 g/mol. The first-order valence-electron chi connectivity index (χ1n) is 18.5. The predicted molar refractivity (Wildman–Crippen MR) is 189 cm³/mol. The van der Waals surface area contributed by atoms with Crippen LogP contribution in [0.4, 0.5) is 0 Å². The summed E-state index contributed by atoms with van der Waals surface area (Å²) in [5, 5.41) is 17.0. The second-order valence-corrected chi connectivity index (χ2v) is 12.2. The Bertz CT molecular complexity index is 465. The summed E-state index contributed by atoms with van der Waals surface area (Å²) in [5.41, 5.74) is 0. The Morgan fingerprint density at radius 1 is 0.349 bits per heavy atom. The molecule has 5 nitrogen and oxygen atoms in total. The van der Waals surface area contributed by atoms with E-state index in [2.05, 4.69) is 27.0 Å². The van der Waals surface area contributed by atoms with E-state index < -0.39 is 11.9 Å². The van der Waals surface area contributed by atoms with Gasteiger partial charge in [-0.15, -0.1) is 13.2 Å². The van der Waals surface area contributed by atoms with Crippen LogP contribution in [0.2, 0.25) is 0 Å². The number of carboxylic acids is 2. The van der Waals surface area contributed by atoms with Crippen LogP contribution in [0.5, 0.6) is 0 Å². The first-order chi connectivity index (χ1) is 20.5. The van der Waals surface area contributed by atoms with Crippen molar-refractivity contribution in [2.45, 2.75) is 219 Å². The molecule has 0 rings (SSSR count). The Kier molecular flexibility index (Phi) is 53.7. The maximum Gasteiger partial charge on any atom is 0.303 e. The largest absolute Gasteiger partial charge is 0.481 e. The Morgan fingerprint density at radius 2 is 0.488 bits per heavy atom. The fourth-order valence-electron chi connectivity index (χ4n) is 5.30. The fourth-order valence-corrected chi connectivity index (χ4v) is 5.30. The van der Waals surface area contributed by atoms with Crippen molar-refractivity contribution in [2.24, 2.45) is 0 Å². The molecule has 0 saturated heterocycles. The third-order valence-electron chi connectivity index (χ3n) is 7.99. The zero-order valence-electron chi connectivity index (χ0n) is 29.3. The topological polar surface area (TPSA) is 106 Å². The quantitative estimate of drug-likeness (QED) is 0.0580. The smallest absolute Gasteiger partial charge is 0.303 e. The van der Waals surface area contributed by atoms with Crippen molar-refractivity contribution in [3.05, 3.63) is 13.2 Å². The van der Waals surface area contributed by atoms with E-state index in [9.17, 15) is 9.59 Å². The number of aliphatic carboxylic acids is 2. The molecule has 0 spiro atoms. The Balaban J connectivity index is -0.000000327. The normalized spacial score (nSPS) is 10.2. The summed E-state index contributed by atoms with van der Waals surface area (Å²) in [7, 11) is 0. The van der Waals surface area contributed by atoms with Crippen LogP contribution in [0.3, 0.4) is 0 Å². The van der Waals surface area contributed by atoms with Crippen molar-refractivity contribution in [3.63, 3.8) is 0 Å². The van der Waals surface area contributed by atoms with E-state index in [0.29, 0.717) is 12.8 Å². The van der Waals surface area contributed by atoms with Crippen LogP contribution in [0.1, 0.15) is 219 Å². The molecule has 260 valence electrons. The lowest BCUT2D eigenvalue weighted by Gasteiger charge is -2.03. The van der Waals surface area contributed by atoms with Gasteiger partial charge in [-0.1, -0.05) is 194 Å². The molecule has 0 aromatic rings. The highest BCUT2D eigenvalue weighted by atomic mass is 16.4. The summed E-state index contributed by atoms with van der Waals surface area (Å²) in [6.45, 7) is 10.5. The van der Waals surface area contributed by atoms with Crippen molar-refractivity contribution in [1.82, 2.24) is 0 Å². The standard InChI is InChI=1S/2C18H36O2.C2H4.H2O/c2*1-2-3-4-5-6-7-8-9-10-11-12-13-14-15-16-17-18(19)20;1-2;/h2*2-17H2,1H3,(H,19,20);1-2H2;1H2. The molecule has 0 aromatic carbocycles. The molecule has 5 heteroatoms. The molecule has 0 fully saturated rings. The molecule has 43 heavy (non-hydrogen) atoms. The molecule has 0 aromatic heterocycles. The highest BCUT2D eigenvalue weighted by molar-refractivity contribution is 5.66. The van der Waals surface area contributed by atoms with Crippen molar-refractivity contribution in [1.29, 1.82) is 0 Å². The van der Waals surface area contributed by atoms with Gasteiger partial charge in [-0.25, -0.2) is 0 Å². The lowest BCUT2D eigenvalue weighted by atomic mass is 10.0. The average Bonchev–Trinajstić information content (AvgIpc) is 2.98. The molecule has 0 radical (unpaired) electrons. The van der Waals surface area contributed by atoms with Gasteiger partial charge in [-0.2, -0.15) is 0 Å².